The number of hydrogen-bond acceptors (Lipinski definition) is 4. The molecule has 0 aliphatic heterocycles. The van der Waals surface area contributed by atoms with Crippen LogP contribution in [0.2, 0.25) is 0 Å². The van der Waals surface area contributed by atoms with Gasteiger partial charge in [0.25, 0.3) is 5.91 Å². The summed E-state index contributed by atoms with van der Waals surface area (Å²) in [6, 6.07) is 8.98. The summed E-state index contributed by atoms with van der Waals surface area (Å²) in [7, 11) is 0. The lowest BCUT2D eigenvalue weighted by Gasteiger charge is -2.18. The van der Waals surface area contributed by atoms with Crippen molar-refractivity contribution >= 4 is 23.1 Å². The highest BCUT2D eigenvalue weighted by atomic mass is 16.2. The van der Waals surface area contributed by atoms with Crippen molar-refractivity contribution < 1.29 is 9.59 Å². The van der Waals surface area contributed by atoms with Crippen LogP contribution in [-0.4, -0.2) is 34.7 Å². The molecule has 0 saturated carbocycles. The number of carbonyl (C=O) groups is 2. The number of nitrogens with zero attached hydrogens (tertiary/aromatic N) is 2. The summed E-state index contributed by atoms with van der Waals surface area (Å²) in [5.41, 5.74) is 2.79. The van der Waals surface area contributed by atoms with Crippen LogP contribution in [0, 0.1) is 0 Å². The van der Waals surface area contributed by atoms with E-state index in [2.05, 4.69) is 10.3 Å². The van der Waals surface area contributed by atoms with Crippen molar-refractivity contribution in [2.24, 2.45) is 0 Å². The Morgan fingerprint density at radius 3 is 2.22 bits per heavy atom. The molecule has 0 bridgehead atoms. The van der Waals surface area contributed by atoms with Crippen molar-refractivity contribution in [3.63, 3.8) is 0 Å². The Bertz CT molecular complexity index is 692. The van der Waals surface area contributed by atoms with Crippen molar-refractivity contribution in [3.05, 3.63) is 53.9 Å². The van der Waals surface area contributed by atoms with E-state index < -0.39 is 0 Å². The number of Topliss-reactive ketones (excluding diaryl/α,β-unsaturated/α-hetero) is 1. The van der Waals surface area contributed by atoms with Crippen molar-refractivity contribution in [3.8, 4) is 0 Å². The normalized spacial score (nSPS) is 10.2. The lowest BCUT2D eigenvalue weighted by Crippen LogP contribution is -2.30. The van der Waals surface area contributed by atoms with E-state index in [0.717, 1.165) is 11.4 Å². The quantitative estimate of drug-likeness (QED) is 0.829. The van der Waals surface area contributed by atoms with E-state index in [1.54, 1.807) is 35.5 Å². The number of benzene rings is 1. The molecule has 0 fully saturated rings. The first-order chi connectivity index (χ1) is 11.0. The van der Waals surface area contributed by atoms with E-state index >= 15 is 0 Å². The summed E-state index contributed by atoms with van der Waals surface area (Å²) in [4.78, 5) is 29.5. The van der Waals surface area contributed by atoms with Gasteiger partial charge in [-0.15, -0.1) is 0 Å². The maximum atomic E-state index is 12.4. The van der Waals surface area contributed by atoms with E-state index in [-0.39, 0.29) is 11.7 Å². The molecule has 120 valence electrons. The Balaban J connectivity index is 2.16. The zero-order valence-electron chi connectivity index (χ0n) is 13.7. The molecular weight excluding hydrogens is 290 g/mol. The molecule has 0 aliphatic carbocycles. The third-order valence-electron chi connectivity index (χ3n) is 3.62. The number of aromatic nitrogens is 1. The average molecular weight is 311 g/mol. The van der Waals surface area contributed by atoms with Crippen LogP contribution in [0.4, 0.5) is 11.4 Å². The monoisotopic (exact) mass is 311 g/mol. The first-order valence-electron chi connectivity index (χ1n) is 7.67. The van der Waals surface area contributed by atoms with Crippen molar-refractivity contribution in [1.82, 2.24) is 9.88 Å². The highest BCUT2D eigenvalue weighted by Gasteiger charge is 2.13. The molecule has 1 aromatic heterocycles. The van der Waals surface area contributed by atoms with Gasteiger partial charge in [-0.3, -0.25) is 14.6 Å². The second-order valence-corrected chi connectivity index (χ2v) is 5.20. The molecule has 2 rings (SSSR count). The molecule has 1 heterocycles. The number of anilines is 2. The minimum atomic E-state index is -0.0296. The van der Waals surface area contributed by atoms with Crippen LogP contribution in [0.1, 0.15) is 41.5 Å². The topological polar surface area (TPSA) is 62.3 Å². The molecule has 0 aliphatic rings. The molecule has 1 N–H and O–H groups in total. The molecule has 5 heteroatoms. The number of rotatable bonds is 6. The van der Waals surface area contributed by atoms with Crippen molar-refractivity contribution in [2.75, 3.05) is 18.4 Å². The summed E-state index contributed by atoms with van der Waals surface area (Å²) < 4.78 is 0. The molecule has 2 aromatic rings. The van der Waals surface area contributed by atoms with Crippen LogP contribution >= 0.6 is 0 Å². The van der Waals surface area contributed by atoms with Gasteiger partial charge in [0.15, 0.2) is 5.78 Å². The first-order valence-corrected chi connectivity index (χ1v) is 7.67. The van der Waals surface area contributed by atoms with E-state index in [9.17, 15) is 9.59 Å². The van der Waals surface area contributed by atoms with E-state index in [1.807, 2.05) is 26.0 Å². The van der Waals surface area contributed by atoms with Gasteiger partial charge < -0.3 is 10.2 Å². The standard InChI is InChI=1S/C18H21N3O2/c1-4-21(5-2)18(23)15-10-17(12-19-11-15)20-16-8-6-14(7-9-16)13(3)22/h6-12,20H,4-5H2,1-3H3. The molecule has 23 heavy (non-hydrogen) atoms. The summed E-state index contributed by atoms with van der Waals surface area (Å²) >= 11 is 0. The fraction of sp³-hybridized carbons (Fsp3) is 0.278. The van der Waals surface area contributed by atoms with Crippen LogP contribution < -0.4 is 5.32 Å². The lowest BCUT2D eigenvalue weighted by molar-refractivity contribution is 0.0772. The Morgan fingerprint density at radius 2 is 1.65 bits per heavy atom. The summed E-state index contributed by atoms with van der Waals surface area (Å²) in [6.07, 6.45) is 3.24. The Kier molecular flexibility index (Phi) is 5.46. The van der Waals surface area contributed by atoms with Gasteiger partial charge in [0.2, 0.25) is 0 Å². The lowest BCUT2D eigenvalue weighted by atomic mass is 10.1. The molecule has 0 unspecified atom stereocenters. The number of hydrogen-bond donors (Lipinski definition) is 1. The van der Waals surface area contributed by atoms with Gasteiger partial charge >= 0.3 is 0 Å². The van der Waals surface area contributed by atoms with Gasteiger partial charge in [-0.2, -0.15) is 0 Å². The molecule has 5 nitrogen and oxygen atoms in total. The molecule has 0 saturated heterocycles. The Hall–Kier alpha value is -2.69. The van der Waals surface area contributed by atoms with Gasteiger partial charge in [0, 0.05) is 30.5 Å². The van der Waals surface area contributed by atoms with E-state index in [0.29, 0.717) is 24.2 Å². The minimum absolute atomic E-state index is 0.0296. The summed E-state index contributed by atoms with van der Waals surface area (Å²) in [5, 5.41) is 3.20. The van der Waals surface area contributed by atoms with Crippen molar-refractivity contribution in [2.45, 2.75) is 20.8 Å². The van der Waals surface area contributed by atoms with E-state index in [4.69, 9.17) is 0 Å². The van der Waals surface area contributed by atoms with Crippen LogP contribution in [0.3, 0.4) is 0 Å². The van der Waals surface area contributed by atoms with E-state index in [1.165, 1.54) is 6.92 Å². The maximum absolute atomic E-state index is 12.4. The van der Waals surface area contributed by atoms with Gasteiger partial charge in [0.05, 0.1) is 17.4 Å². The molecule has 1 aromatic carbocycles. The highest BCUT2D eigenvalue weighted by molar-refractivity contribution is 5.95. The summed E-state index contributed by atoms with van der Waals surface area (Å²) in [5.74, 6) is 0.00288. The van der Waals surface area contributed by atoms with Crippen LogP contribution in [0.15, 0.2) is 42.7 Å². The smallest absolute Gasteiger partial charge is 0.255 e. The molecule has 0 spiro atoms. The zero-order chi connectivity index (χ0) is 16.8. The number of nitrogens with one attached hydrogen (secondary N) is 1. The minimum Gasteiger partial charge on any atom is -0.354 e. The molecule has 1 amide bonds. The van der Waals surface area contributed by atoms with Crippen molar-refractivity contribution in [1.29, 1.82) is 0 Å². The first kappa shape index (κ1) is 16.7. The predicted molar refractivity (Wildman–Crippen MR) is 91.2 cm³/mol. The second-order valence-electron chi connectivity index (χ2n) is 5.20. The Labute approximate surface area is 136 Å². The van der Waals surface area contributed by atoms with Gasteiger partial charge in [0.1, 0.15) is 0 Å². The van der Waals surface area contributed by atoms with Crippen LogP contribution in [-0.2, 0) is 0 Å². The SMILES string of the molecule is CCN(CC)C(=O)c1cncc(Nc2ccc(C(C)=O)cc2)c1. The fourth-order valence-electron chi connectivity index (χ4n) is 2.27. The average Bonchev–Trinajstić information content (AvgIpc) is 2.56. The molecular formula is C18H21N3O2. The third-order valence-corrected chi connectivity index (χ3v) is 3.62. The Morgan fingerprint density at radius 1 is 1.00 bits per heavy atom. The number of ketones is 1. The highest BCUT2D eigenvalue weighted by Crippen LogP contribution is 2.18. The zero-order valence-corrected chi connectivity index (χ0v) is 13.7. The predicted octanol–water partition coefficient (Wildman–Crippen LogP) is 3.51. The molecule has 0 radical (unpaired) electrons. The van der Waals surface area contributed by atoms with Gasteiger partial charge in [-0.25, -0.2) is 0 Å². The number of carbonyl (C=O) groups excluding carboxylic acids is 2. The second kappa shape index (κ2) is 7.54. The van der Waals surface area contributed by atoms with Gasteiger partial charge in [-0.1, -0.05) is 0 Å². The van der Waals surface area contributed by atoms with Gasteiger partial charge in [-0.05, 0) is 51.1 Å². The third kappa shape index (κ3) is 4.16. The number of amides is 1. The van der Waals surface area contributed by atoms with Crippen LogP contribution in [0.25, 0.3) is 0 Å². The van der Waals surface area contributed by atoms with Crippen LogP contribution in [0.5, 0.6) is 0 Å². The fourth-order valence-corrected chi connectivity index (χ4v) is 2.27. The number of pyridine rings is 1. The largest absolute Gasteiger partial charge is 0.354 e. The molecule has 0 atom stereocenters. The summed E-state index contributed by atoms with van der Waals surface area (Å²) in [6.45, 7) is 6.77. The maximum Gasteiger partial charge on any atom is 0.255 e.